The van der Waals surface area contributed by atoms with Crippen LogP contribution in [0.15, 0.2) is 36.8 Å². The maximum Gasteiger partial charge on any atom is 0.237 e. The number of piperidine rings is 1. The summed E-state index contributed by atoms with van der Waals surface area (Å²) >= 11 is 0. The summed E-state index contributed by atoms with van der Waals surface area (Å²) in [6.07, 6.45) is 6.67. The van der Waals surface area contributed by atoms with E-state index in [2.05, 4.69) is 25.2 Å². The Morgan fingerprint density at radius 2 is 1.92 bits per heavy atom. The molecule has 2 aromatic heterocycles. The molecule has 126 valence electrons. The van der Waals surface area contributed by atoms with E-state index in [9.17, 15) is 4.79 Å². The second-order valence-electron chi connectivity index (χ2n) is 5.59. The van der Waals surface area contributed by atoms with Crippen molar-refractivity contribution in [1.82, 2.24) is 15.0 Å². The zero-order chi connectivity index (χ0) is 16.8. The first kappa shape index (κ1) is 16.2. The smallest absolute Gasteiger partial charge is 0.237 e. The van der Waals surface area contributed by atoms with Crippen molar-refractivity contribution in [2.75, 3.05) is 29.9 Å². The molecule has 0 saturated carbocycles. The molecule has 1 aliphatic heterocycles. The maximum absolute atomic E-state index is 12.5. The van der Waals surface area contributed by atoms with Crippen LogP contribution in [0.1, 0.15) is 19.8 Å². The zero-order valence-electron chi connectivity index (χ0n) is 13.7. The van der Waals surface area contributed by atoms with Gasteiger partial charge in [0.15, 0.2) is 0 Å². The van der Waals surface area contributed by atoms with Crippen LogP contribution < -0.4 is 15.0 Å². The summed E-state index contributed by atoms with van der Waals surface area (Å²) in [5.74, 6) is 1.17. The Morgan fingerprint density at radius 1 is 1.21 bits per heavy atom. The lowest BCUT2D eigenvalue weighted by atomic mass is 9.96. The van der Waals surface area contributed by atoms with E-state index in [1.165, 1.54) is 0 Å². The number of hydrogen-bond donors (Lipinski definition) is 1. The normalized spacial score (nSPS) is 15.1. The van der Waals surface area contributed by atoms with Crippen molar-refractivity contribution in [3.63, 3.8) is 0 Å². The highest BCUT2D eigenvalue weighted by Gasteiger charge is 2.26. The molecule has 3 rings (SSSR count). The topological polar surface area (TPSA) is 80.2 Å². The van der Waals surface area contributed by atoms with E-state index in [-0.39, 0.29) is 11.8 Å². The van der Waals surface area contributed by atoms with Crippen LogP contribution in [-0.4, -0.2) is 40.6 Å². The zero-order valence-corrected chi connectivity index (χ0v) is 13.7. The number of pyridine rings is 1. The fourth-order valence-electron chi connectivity index (χ4n) is 2.77. The highest BCUT2D eigenvalue weighted by molar-refractivity contribution is 5.93. The van der Waals surface area contributed by atoms with Crippen LogP contribution in [-0.2, 0) is 4.79 Å². The molecule has 24 heavy (non-hydrogen) atoms. The Hall–Kier alpha value is -2.70. The standard InChI is InChI=1S/C17H21N5O2/c1-2-24-16-14(5-3-8-18-16)21-15(23)13-6-11-22(12-7-13)17-19-9-4-10-20-17/h3-5,8-10,13H,2,6-7,11-12H2,1H3,(H,21,23). The van der Waals surface area contributed by atoms with Crippen molar-refractivity contribution in [2.24, 2.45) is 5.92 Å². The predicted molar refractivity (Wildman–Crippen MR) is 91.0 cm³/mol. The molecule has 3 heterocycles. The SMILES string of the molecule is CCOc1ncccc1NC(=O)C1CCN(c2ncccn2)CC1. The minimum absolute atomic E-state index is 0.0117. The van der Waals surface area contributed by atoms with Crippen LogP contribution in [0.25, 0.3) is 0 Å². The van der Waals surface area contributed by atoms with Gasteiger partial charge in [-0.15, -0.1) is 0 Å². The number of anilines is 2. The summed E-state index contributed by atoms with van der Waals surface area (Å²) in [5.41, 5.74) is 0.623. The number of amides is 1. The summed E-state index contributed by atoms with van der Waals surface area (Å²) in [5, 5.41) is 2.94. The molecule has 1 saturated heterocycles. The number of carbonyl (C=O) groups is 1. The molecule has 0 bridgehead atoms. The summed E-state index contributed by atoms with van der Waals surface area (Å²) in [4.78, 5) is 27.3. The van der Waals surface area contributed by atoms with Crippen molar-refractivity contribution in [3.8, 4) is 5.88 Å². The quantitative estimate of drug-likeness (QED) is 0.906. The first-order valence-electron chi connectivity index (χ1n) is 8.18. The minimum Gasteiger partial charge on any atom is -0.476 e. The molecule has 0 radical (unpaired) electrons. The molecule has 7 nitrogen and oxygen atoms in total. The van der Waals surface area contributed by atoms with E-state index >= 15 is 0 Å². The van der Waals surface area contributed by atoms with E-state index in [1.807, 2.05) is 13.0 Å². The Bertz CT molecular complexity index is 672. The lowest BCUT2D eigenvalue weighted by Crippen LogP contribution is -2.39. The largest absolute Gasteiger partial charge is 0.476 e. The van der Waals surface area contributed by atoms with Gasteiger partial charge in [-0.3, -0.25) is 4.79 Å². The highest BCUT2D eigenvalue weighted by Crippen LogP contribution is 2.25. The molecular weight excluding hydrogens is 306 g/mol. The van der Waals surface area contributed by atoms with Crippen LogP contribution in [0.5, 0.6) is 5.88 Å². The Morgan fingerprint density at radius 3 is 2.62 bits per heavy atom. The van der Waals surface area contributed by atoms with Crippen LogP contribution in [0.2, 0.25) is 0 Å². The Labute approximate surface area is 141 Å². The molecule has 1 fully saturated rings. The number of ether oxygens (including phenoxy) is 1. The number of carbonyl (C=O) groups excluding carboxylic acids is 1. The fraction of sp³-hybridized carbons (Fsp3) is 0.412. The second-order valence-corrected chi connectivity index (χ2v) is 5.59. The third-order valence-electron chi connectivity index (χ3n) is 4.01. The predicted octanol–water partition coefficient (Wildman–Crippen LogP) is 2.13. The summed E-state index contributed by atoms with van der Waals surface area (Å²) < 4.78 is 5.45. The Balaban J connectivity index is 1.58. The molecule has 0 atom stereocenters. The van der Waals surface area contributed by atoms with Gasteiger partial charge in [0.05, 0.1) is 6.61 Å². The van der Waals surface area contributed by atoms with Gasteiger partial charge in [0.1, 0.15) is 5.69 Å². The van der Waals surface area contributed by atoms with Gasteiger partial charge in [0.2, 0.25) is 17.7 Å². The van der Waals surface area contributed by atoms with Crippen LogP contribution in [0.4, 0.5) is 11.6 Å². The third kappa shape index (κ3) is 3.79. The lowest BCUT2D eigenvalue weighted by Gasteiger charge is -2.31. The number of hydrogen-bond acceptors (Lipinski definition) is 6. The average molecular weight is 327 g/mol. The number of nitrogens with one attached hydrogen (secondary N) is 1. The molecule has 0 aromatic carbocycles. The van der Waals surface area contributed by atoms with Crippen molar-refractivity contribution in [2.45, 2.75) is 19.8 Å². The van der Waals surface area contributed by atoms with Gasteiger partial charge in [0, 0.05) is 37.6 Å². The summed E-state index contributed by atoms with van der Waals surface area (Å²) in [6.45, 7) is 3.94. The van der Waals surface area contributed by atoms with Crippen molar-refractivity contribution in [1.29, 1.82) is 0 Å². The molecule has 0 unspecified atom stereocenters. The molecule has 1 N–H and O–H groups in total. The number of aromatic nitrogens is 3. The summed E-state index contributed by atoms with van der Waals surface area (Å²) in [7, 11) is 0. The molecular formula is C17H21N5O2. The molecule has 1 aliphatic rings. The monoisotopic (exact) mass is 327 g/mol. The first-order chi connectivity index (χ1) is 11.8. The minimum atomic E-state index is -0.0281. The fourth-order valence-corrected chi connectivity index (χ4v) is 2.77. The van der Waals surface area contributed by atoms with Crippen molar-refractivity contribution in [3.05, 3.63) is 36.8 Å². The number of nitrogens with zero attached hydrogens (tertiary/aromatic N) is 4. The molecule has 0 aliphatic carbocycles. The van der Waals surface area contributed by atoms with E-state index in [4.69, 9.17) is 4.74 Å². The maximum atomic E-state index is 12.5. The lowest BCUT2D eigenvalue weighted by molar-refractivity contribution is -0.120. The average Bonchev–Trinajstić information content (AvgIpc) is 2.64. The highest BCUT2D eigenvalue weighted by atomic mass is 16.5. The van der Waals surface area contributed by atoms with Gasteiger partial charge in [-0.25, -0.2) is 15.0 Å². The number of rotatable bonds is 5. The van der Waals surface area contributed by atoms with Crippen molar-refractivity contribution < 1.29 is 9.53 Å². The van der Waals surface area contributed by atoms with E-state index < -0.39 is 0 Å². The van der Waals surface area contributed by atoms with Gasteiger partial charge < -0.3 is 15.0 Å². The molecule has 0 spiro atoms. The van der Waals surface area contributed by atoms with Crippen LogP contribution in [0, 0.1) is 5.92 Å². The molecule has 2 aromatic rings. The third-order valence-corrected chi connectivity index (χ3v) is 4.01. The second kappa shape index (κ2) is 7.72. The summed E-state index contributed by atoms with van der Waals surface area (Å²) in [6, 6.07) is 5.39. The molecule has 1 amide bonds. The Kier molecular flexibility index (Phi) is 5.20. The molecule has 7 heteroatoms. The van der Waals surface area contributed by atoms with E-state index in [0.29, 0.717) is 18.2 Å². The van der Waals surface area contributed by atoms with E-state index in [1.54, 1.807) is 30.7 Å². The van der Waals surface area contributed by atoms with Gasteiger partial charge in [-0.2, -0.15) is 0 Å². The first-order valence-corrected chi connectivity index (χ1v) is 8.18. The van der Waals surface area contributed by atoms with E-state index in [0.717, 1.165) is 31.9 Å². The van der Waals surface area contributed by atoms with Gasteiger partial charge >= 0.3 is 0 Å². The van der Waals surface area contributed by atoms with Gasteiger partial charge in [-0.05, 0) is 38.0 Å². The van der Waals surface area contributed by atoms with Crippen LogP contribution in [0.3, 0.4) is 0 Å². The van der Waals surface area contributed by atoms with Gasteiger partial charge in [0.25, 0.3) is 0 Å². The van der Waals surface area contributed by atoms with Gasteiger partial charge in [-0.1, -0.05) is 0 Å². The van der Waals surface area contributed by atoms with Crippen molar-refractivity contribution >= 4 is 17.5 Å². The van der Waals surface area contributed by atoms with Crippen LogP contribution >= 0.6 is 0 Å².